The summed E-state index contributed by atoms with van der Waals surface area (Å²) in [5.74, 6) is 0. The van der Waals surface area contributed by atoms with Gasteiger partial charge in [-0.2, -0.15) is 0 Å². The van der Waals surface area contributed by atoms with Crippen LogP contribution in [0.25, 0.3) is 0 Å². The zero-order chi connectivity index (χ0) is 8.53. The van der Waals surface area contributed by atoms with Crippen LogP contribution < -0.4 is 5.32 Å². The fourth-order valence-electron chi connectivity index (χ4n) is 0.768. The number of nitrogens with one attached hydrogen (secondary N) is 1. The van der Waals surface area contributed by atoms with Crippen molar-refractivity contribution in [1.82, 2.24) is 5.32 Å². The predicted octanol–water partition coefficient (Wildman–Crippen LogP) is 2.79. The minimum atomic E-state index is 0.610. The van der Waals surface area contributed by atoms with Gasteiger partial charge in [-0.15, -0.1) is 12.6 Å². The van der Waals surface area contributed by atoms with Crippen LogP contribution in [0.15, 0.2) is 0 Å². The first kappa shape index (κ1) is 12.0. The minimum absolute atomic E-state index is 0.610. The largest absolute Gasteiger partial charge is 0.371 e. The second-order valence-corrected chi connectivity index (χ2v) is 4.57. The molecule has 1 nitrogen and oxygen atoms in total. The SMILES string of the molecule is S=C(S)NCCCCCCI. The Balaban J connectivity index is 2.85. The number of hydrogen-bond acceptors (Lipinski definition) is 1. The third-order valence-electron chi connectivity index (χ3n) is 1.34. The molecular formula is C7H14INS2. The van der Waals surface area contributed by atoms with Crippen molar-refractivity contribution in [3.05, 3.63) is 0 Å². The summed E-state index contributed by atoms with van der Waals surface area (Å²) >= 11 is 11.1. The van der Waals surface area contributed by atoms with Gasteiger partial charge in [0.1, 0.15) is 4.32 Å². The van der Waals surface area contributed by atoms with Gasteiger partial charge in [0.25, 0.3) is 0 Å². The zero-order valence-electron chi connectivity index (χ0n) is 6.48. The van der Waals surface area contributed by atoms with E-state index in [-0.39, 0.29) is 0 Å². The van der Waals surface area contributed by atoms with E-state index < -0.39 is 0 Å². The lowest BCUT2D eigenvalue weighted by Gasteiger charge is -2.01. The number of alkyl halides is 1. The molecule has 0 unspecified atom stereocenters. The lowest BCUT2D eigenvalue weighted by molar-refractivity contribution is 0.662. The molecule has 0 atom stereocenters. The maximum Gasteiger partial charge on any atom is 0.130 e. The molecule has 0 amide bonds. The molecule has 0 aromatic rings. The van der Waals surface area contributed by atoms with E-state index in [1.807, 2.05) is 0 Å². The fourth-order valence-corrected chi connectivity index (χ4v) is 1.52. The van der Waals surface area contributed by atoms with Gasteiger partial charge < -0.3 is 5.32 Å². The van der Waals surface area contributed by atoms with E-state index in [0.717, 1.165) is 6.54 Å². The molecule has 0 saturated heterocycles. The van der Waals surface area contributed by atoms with E-state index in [2.05, 4.69) is 40.5 Å². The zero-order valence-corrected chi connectivity index (χ0v) is 10.3. The van der Waals surface area contributed by atoms with Crippen molar-refractivity contribution in [1.29, 1.82) is 0 Å². The lowest BCUT2D eigenvalue weighted by atomic mass is 10.2. The van der Waals surface area contributed by atoms with Crippen LogP contribution in [0, 0.1) is 0 Å². The highest BCUT2D eigenvalue weighted by molar-refractivity contribution is 14.1. The Morgan fingerprint density at radius 2 is 1.91 bits per heavy atom. The Kier molecular flexibility index (Phi) is 9.86. The number of halogens is 1. The molecule has 0 fully saturated rings. The van der Waals surface area contributed by atoms with Crippen LogP contribution in [0.5, 0.6) is 0 Å². The number of rotatable bonds is 6. The van der Waals surface area contributed by atoms with E-state index in [4.69, 9.17) is 12.2 Å². The Hall–Kier alpha value is 0.970. The molecule has 0 spiro atoms. The summed E-state index contributed by atoms with van der Waals surface area (Å²) in [5, 5.41) is 3.02. The van der Waals surface area contributed by atoms with E-state index in [1.54, 1.807) is 0 Å². The normalized spacial score (nSPS) is 9.64. The summed E-state index contributed by atoms with van der Waals surface area (Å²) in [6, 6.07) is 0. The second kappa shape index (κ2) is 9.06. The first-order valence-electron chi connectivity index (χ1n) is 3.80. The number of thiocarbonyl (C=S) groups is 1. The molecule has 0 aromatic heterocycles. The average molecular weight is 303 g/mol. The Labute approximate surface area is 93.3 Å². The maximum absolute atomic E-state index is 4.75. The average Bonchev–Trinajstić information content (AvgIpc) is 1.96. The van der Waals surface area contributed by atoms with Crippen molar-refractivity contribution in [3.63, 3.8) is 0 Å². The van der Waals surface area contributed by atoms with Gasteiger partial charge in [0.05, 0.1) is 0 Å². The highest BCUT2D eigenvalue weighted by Crippen LogP contribution is 2.01. The highest BCUT2D eigenvalue weighted by Gasteiger charge is 1.89. The fraction of sp³-hybridized carbons (Fsp3) is 0.857. The van der Waals surface area contributed by atoms with Gasteiger partial charge in [0.2, 0.25) is 0 Å². The third kappa shape index (κ3) is 11.0. The van der Waals surface area contributed by atoms with E-state index >= 15 is 0 Å². The summed E-state index contributed by atoms with van der Waals surface area (Å²) in [5.41, 5.74) is 0. The predicted molar refractivity (Wildman–Crippen MR) is 66.9 cm³/mol. The summed E-state index contributed by atoms with van der Waals surface area (Å²) in [6.45, 7) is 0.976. The van der Waals surface area contributed by atoms with Gasteiger partial charge in [-0.25, -0.2) is 0 Å². The molecule has 0 aliphatic heterocycles. The van der Waals surface area contributed by atoms with Gasteiger partial charge in [0.15, 0.2) is 0 Å². The molecule has 0 saturated carbocycles. The molecule has 0 aliphatic carbocycles. The van der Waals surface area contributed by atoms with Crippen LogP contribution in [0.4, 0.5) is 0 Å². The van der Waals surface area contributed by atoms with Gasteiger partial charge in [-0.05, 0) is 17.3 Å². The van der Waals surface area contributed by atoms with Crippen LogP contribution in [-0.2, 0) is 0 Å². The third-order valence-corrected chi connectivity index (χ3v) is 2.40. The standard InChI is InChI=1S/C7H14INS2/c8-5-3-1-2-4-6-9-7(10)11/h1-6H2,(H2,9,10,11). The maximum atomic E-state index is 4.75. The van der Waals surface area contributed by atoms with Crippen molar-refractivity contribution in [2.75, 3.05) is 11.0 Å². The molecule has 0 heterocycles. The Bertz CT molecular complexity index is 109. The van der Waals surface area contributed by atoms with E-state index in [9.17, 15) is 0 Å². The topological polar surface area (TPSA) is 12.0 Å². The van der Waals surface area contributed by atoms with Crippen LogP contribution in [0.1, 0.15) is 25.7 Å². The minimum Gasteiger partial charge on any atom is -0.371 e. The summed E-state index contributed by atoms with van der Waals surface area (Å²) in [7, 11) is 0. The molecular weight excluding hydrogens is 289 g/mol. The molecule has 0 aliphatic rings. The quantitative estimate of drug-likeness (QED) is 0.257. The molecule has 0 bridgehead atoms. The molecule has 0 radical (unpaired) electrons. The summed E-state index contributed by atoms with van der Waals surface area (Å²) < 4.78 is 1.88. The molecule has 0 aromatic carbocycles. The Morgan fingerprint density at radius 1 is 1.27 bits per heavy atom. The molecule has 4 heteroatoms. The highest BCUT2D eigenvalue weighted by atomic mass is 127. The first-order chi connectivity index (χ1) is 5.27. The molecule has 66 valence electrons. The number of unbranched alkanes of at least 4 members (excludes halogenated alkanes) is 3. The first-order valence-corrected chi connectivity index (χ1v) is 6.18. The smallest absolute Gasteiger partial charge is 0.130 e. The second-order valence-electron chi connectivity index (χ2n) is 2.34. The van der Waals surface area contributed by atoms with Crippen molar-refractivity contribution in [3.8, 4) is 0 Å². The van der Waals surface area contributed by atoms with Crippen LogP contribution in [0.2, 0.25) is 0 Å². The van der Waals surface area contributed by atoms with Crippen LogP contribution in [-0.4, -0.2) is 15.3 Å². The van der Waals surface area contributed by atoms with Gasteiger partial charge >= 0.3 is 0 Å². The number of thiol groups is 1. The van der Waals surface area contributed by atoms with Gasteiger partial charge in [0, 0.05) is 6.54 Å². The van der Waals surface area contributed by atoms with E-state index in [1.165, 1.54) is 30.1 Å². The summed E-state index contributed by atoms with van der Waals surface area (Å²) in [6.07, 6.45) is 5.18. The van der Waals surface area contributed by atoms with E-state index in [0.29, 0.717) is 4.32 Å². The molecule has 1 N–H and O–H groups in total. The van der Waals surface area contributed by atoms with Crippen molar-refractivity contribution >= 4 is 51.8 Å². The molecule has 11 heavy (non-hydrogen) atoms. The number of hydrogen-bond donors (Lipinski definition) is 2. The van der Waals surface area contributed by atoms with Crippen molar-refractivity contribution < 1.29 is 0 Å². The van der Waals surface area contributed by atoms with Crippen LogP contribution in [0.3, 0.4) is 0 Å². The van der Waals surface area contributed by atoms with Gasteiger partial charge in [-0.1, -0.05) is 47.7 Å². The van der Waals surface area contributed by atoms with Crippen molar-refractivity contribution in [2.24, 2.45) is 0 Å². The van der Waals surface area contributed by atoms with Gasteiger partial charge in [-0.3, -0.25) is 0 Å². The molecule has 0 rings (SSSR count). The van der Waals surface area contributed by atoms with Crippen LogP contribution >= 0.6 is 47.4 Å². The summed E-state index contributed by atoms with van der Waals surface area (Å²) in [4.78, 5) is 0. The Morgan fingerprint density at radius 3 is 2.45 bits per heavy atom. The van der Waals surface area contributed by atoms with Crippen molar-refractivity contribution in [2.45, 2.75) is 25.7 Å². The monoisotopic (exact) mass is 303 g/mol. The lowest BCUT2D eigenvalue weighted by Crippen LogP contribution is -2.17.